The first kappa shape index (κ1) is 28.3. The van der Waals surface area contributed by atoms with Crippen molar-refractivity contribution < 1.29 is 4.57 Å². The number of hydrogen-bond acceptors (Lipinski definition) is 1. The van der Waals surface area contributed by atoms with Crippen LogP contribution in [0.15, 0.2) is 188 Å². The fourth-order valence-electron chi connectivity index (χ4n) is 7.22. The zero-order chi connectivity index (χ0) is 32.1. The van der Waals surface area contributed by atoms with Gasteiger partial charge in [-0.1, -0.05) is 152 Å². The molecule has 0 amide bonds. The molecule has 7 aromatic carbocycles. The molecule has 0 aliphatic heterocycles. The van der Waals surface area contributed by atoms with Crippen molar-refractivity contribution in [3.8, 4) is 22.5 Å². The second kappa shape index (κ2) is 11.4. The normalized spacial score (nSPS) is 11.8. The molecule has 0 unspecified atom stereocenters. The molecule has 228 valence electrons. The summed E-state index contributed by atoms with van der Waals surface area (Å²) in [5.74, 6) is 0. The van der Waals surface area contributed by atoms with Gasteiger partial charge in [-0.25, -0.2) is 0 Å². The van der Waals surface area contributed by atoms with Gasteiger partial charge in [0.15, 0.2) is 7.14 Å². The summed E-state index contributed by atoms with van der Waals surface area (Å²) in [4.78, 5) is 0. The van der Waals surface area contributed by atoms with E-state index in [0.29, 0.717) is 0 Å². The number of fused-ring (bicyclic) bond motifs is 5. The summed E-state index contributed by atoms with van der Waals surface area (Å²) < 4.78 is 20.2. The van der Waals surface area contributed by atoms with Crippen LogP contribution in [0, 0.1) is 0 Å². The summed E-state index contributed by atoms with van der Waals surface area (Å²) in [7, 11) is -3.19. The van der Waals surface area contributed by atoms with Gasteiger partial charge in [-0.05, 0) is 35.9 Å². The molecule has 0 aliphatic rings. The van der Waals surface area contributed by atoms with Gasteiger partial charge in [0.25, 0.3) is 0 Å². The van der Waals surface area contributed by atoms with E-state index in [4.69, 9.17) is 0 Å². The second-order valence-corrected chi connectivity index (χ2v) is 14.9. The Kier molecular flexibility index (Phi) is 6.74. The highest BCUT2D eigenvalue weighted by molar-refractivity contribution is 7.85. The molecule has 0 N–H and O–H groups in total. The maximum Gasteiger partial charge on any atom is 0.171 e. The molecule has 0 radical (unpaired) electrons. The lowest BCUT2D eigenvalue weighted by Gasteiger charge is -2.21. The average Bonchev–Trinajstić information content (AvgIpc) is 3.73. The van der Waals surface area contributed by atoms with Crippen LogP contribution < -0.4 is 15.9 Å². The van der Waals surface area contributed by atoms with Crippen LogP contribution in [0.5, 0.6) is 0 Å². The molecule has 9 aromatic rings. The van der Waals surface area contributed by atoms with Crippen molar-refractivity contribution >= 4 is 55.8 Å². The first-order valence-electron chi connectivity index (χ1n) is 16.2. The Morgan fingerprint density at radius 3 is 1.65 bits per heavy atom. The minimum atomic E-state index is -3.19. The van der Waals surface area contributed by atoms with Crippen molar-refractivity contribution in [3.63, 3.8) is 0 Å². The Balaban J connectivity index is 1.39. The Hall–Kier alpha value is -5.89. The van der Waals surface area contributed by atoms with Gasteiger partial charge in [-0.2, -0.15) is 0 Å². The van der Waals surface area contributed by atoms with Crippen molar-refractivity contribution in [1.29, 1.82) is 0 Å². The maximum absolute atomic E-state index is 15.5. The lowest BCUT2D eigenvalue weighted by atomic mass is 10.0. The van der Waals surface area contributed by atoms with Crippen LogP contribution in [0.2, 0.25) is 0 Å². The number of rotatable bonds is 6. The highest BCUT2D eigenvalue weighted by Crippen LogP contribution is 2.44. The largest absolute Gasteiger partial charge is 0.314 e. The summed E-state index contributed by atoms with van der Waals surface area (Å²) in [6.07, 6.45) is 2.27. The Bertz CT molecular complexity index is 2580. The van der Waals surface area contributed by atoms with E-state index >= 15 is 4.57 Å². The fourth-order valence-corrected chi connectivity index (χ4v) is 9.91. The SMILES string of the molecule is O=P(c1ccccc1)(c1ccccc1)c1cccc(-n2c3ccccc3c3ccc4c(-c5ccccc5)cn(-c5ccccc5)c4c32)c1. The molecule has 9 rings (SSSR count). The van der Waals surface area contributed by atoms with Crippen LogP contribution in [0.1, 0.15) is 0 Å². The van der Waals surface area contributed by atoms with E-state index in [1.807, 2.05) is 66.7 Å². The minimum Gasteiger partial charge on any atom is -0.314 e. The van der Waals surface area contributed by atoms with Gasteiger partial charge < -0.3 is 13.7 Å². The van der Waals surface area contributed by atoms with Crippen LogP contribution in [0.25, 0.3) is 55.2 Å². The van der Waals surface area contributed by atoms with Gasteiger partial charge in [-0.3, -0.25) is 0 Å². The molecule has 4 heteroatoms. The van der Waals surface area contributed by atoms with E-state index in [2.05, 4.69) is 131 Å². The number of aromatic nitrogens is 2. The molecule has 3 nitrogen and oxygen atoms in total. The van der Waals surface area contributed by atoms with E-state index in [-0.39, 0.29) is 0 Å². The Morgan fingerprint density at radius 2 is 0.958 bits per heavy atom. The summed E-state index contributed by atoms with van der Waals surface area (Å²) in [5, 5.41) is 5.98. The molecule has 0 spiro atoms. The van der Waals surface area contributed by atoms with Crippen LogP contribution in [-0.2, 0) is 4.57 Å². The summed E-state index contributed by atoms with van der Waals surface area (Å²) in [5.41, 5.74) is 7.78. The van der Waals surface area contributed by atoms with Crippen molar-refractivity contribution in [2.75, 3.05) is 0 Å². The molecule has 0 saturated heterocycles. The minimum absolute atomic E-state index is 0.805. The lowest BCUT2D eigenvalue weighted by Crippen LogP contribution is -2.25. The van der Waals surface area contributed by atoms with Gasteiger partial charge in [-0.15, -0.1) is 0 Å². The van der Waals surface area contributed by atoms with Crippen LogP contribution in [0.4, 0.5) is 0 Å². The molecule has 0 aliphatic carbocycles. The third kappa shape index (κ3) is 4.40. The Morgan fingerprint density at radius 1 is 0.417 bits per heavy atom. The van der Waals surface area contributed by atoms with Crippen molar-refractivity contribution in [1.82, 2.24) is 9.13 Å². The van der Waals surface area contributed by atoms with Crippen LogP contribution >= 0.6 is 7.14 Å². The zero-order valence-electron chi connectivity index (χ0n) is 26.1. The van der Waals surface area contributed by atoms with E-state index in [0.717, 1.165) is 43.8 Å². The predicted octanol–water partition coefficient (Wildman–Crippen LogP) is 10.0. The van der Waals surface area contributed by atoms with Gasteiger partial charge in [0.2, 0.25) is 0 Å². The zero-order valence-corrected chi connectivity index (χ0v) is 27.0. The van der Waals surface area contributed by atoms with Crippen LogP contribution in [0.3, 0.4) is 0 Å². The molecular weight excluding hydrogens is 603 g/mol. The third-order valence-electron chi connectivity index (χ3n) is 9.41. The predicted molar refractivity (Wildman–Crippen MR) is 202 cm³/mol. The number of para-hydroxylation sites is 2. The molecule has 2 aromatic heterocycles. The van der Waals surface area contributed by atoms with Gasteiger partial charge in [0.1, 0.15) is 0 Å². The van der Waals surface area contributed by atoms with Crippen molar-refractivity contribution in [2.45, 2.75) is 0 Å². The Labute approximate surface area is 279 Å². The van der Waals surface area contributed by atoms with Gasteiger partial charge >= 0.3 is 0 Å². The van der Waals surface area contributed by atoms with Crippen molar-refractivity contribution in [2.24, 2.45) is 0 Å². The monoisotopic (exact) mass is 634 g/mol. The summed E-state index contributed by atoms with van der Waals surface area (Å²) in [6, 6.07) is 62.5. The molecule has 0 atom stereocenters. The molecule has 0 saturated carbocycles. The van der Waals surface area contributed by atoms with Gasteiger partial charge in [0.05, 0.1) is 16.6 Å². The quantitative estimate of drug-likeness (QED) is 0.167. The maximum atomic E-state index is 15.5. The van der Waals surface area contributed by atoms with E-state index in [9.17, 15) is 0 Å². The average molecular weight is 635 g/mol. The smallest absolute Gasteiger partial charge is 0.171 e. The van der Waals surface area contributed by atoms with Gasteiger partial charge in [0, 0.05) is 55.2 Å². The van der Waals surface area contributed by atoms with E-state index < -0.39 is 7.14 Å². The molecule has 0 fully saturated rings. The molecule has 48 heavy (non-hydrogen) atoms. The van der Waals surface area contributed by atoms with E-state index in [1.54, 1.807) is 0 Å². The number of nitrogens with zero attached hydrogens (tertiary/aromatic N) is 2. The van der Waals surface area contributed by atoms with Crippen molar-refractivity contribution in [3.05, 3.63) is 188 Å². The lowest BCUT2D eigenvalue weighted by molar-refractivity contribution is 0.592. The highest BCUT2D eigenvalue weighted by Gasteiger charge is 2.30. The standard InChI is InChI=1S/C44H31N2OP/c47-48(35-21-9-3-10-22-35,36-23-11-4-12-24-36)37-25-15-20-34(30-37)46-42-27-14-13-26-38(42)39-28-29-40-41(32-16-5-1-6-17-32)31-45(43(40)44(39)46)33-18-7-2-8-19-33/h1-31H. The summed E-state index contributed by atoms with van der Waals surface area (Å²) in [6.45, 7) is 0. The van der Waals surface area contributed by atoms with E-state index in [1.165, 1.54) is 27.3 Å². The molecule has 2 heterocycles. The summed E-state index contributed by atoms with van der Waals surface area (Å²) >= 11 is 0. The third-order valence-corrected chi connectivity index (χ3v) is 12.5. The topological polar surface area (TPSA) is 26.9 Å². The molecule has 0 bridgehead atoms. The fraction of sp³-hybridized carbons (Fsp3) is 0. The first-order valence-corrected chi connectivity index (χ1v) is 17.9. The highest BCUT2D eigenvalue weighted by atomic mass is 31.2. The first-order chi connectivity index (χ1) is 23.7. The second-order valence-electron chi connectivity index (χ2n) is 12.1. The van der Waals surface area contributed by atoms with Crippen LogP contribution in [-0.4, -0.2) is 9.13 Å². The number of benzene rings is 7. The molecular formula is C44H31N2OP. The number of hydrogen-bond donors (Lipinski definition) is 0.